The molecule has 166 valence electrons. The van der Waals surface area contributed by atoms with E-state index in [0.717, 1.165) is 11.3 Å². The highest BCUT2D eigenvalue weighted by Crippen LogP contribution is 2.38. The lowest BCUT2D eigenvalue weighted by Crippen LogP contribution is -2.31. The first kappa shape index (κ1) is 22.7. The fourth-order valence-electron chi connectivity index (χ4n) is 3.29. The molecule has 32 heavy (non-hydrogen) atoms. The van der Waals surface area contributed by atoms with Crippen molar-refractivity contribution in [3.8, 4) is 23.0 Å². The van der Waals surface area contributed by atoms with E-state index in [1.165, 1.54) is 21.3 Å². The summed E-state index contributed by atoms with van der Waals surface area (Å²) in [6.45, 7) is 0.372. The van der Waals surface area contributed by atoms with Crippen molar-refractivity contribution in [1.29, 1.82) is 0 Å². The van der Waals surface area contributed by atoms with E-state index < -0.39 is 0 Å². The van der Waals surface area contributed by atoms with Crippen LogP contribution in [0.2, 0.25) is 0 Å². The molecule has 0 atom stereocenters. The number of ether oxygens (including phenoxy) is 4. The molecule has 0 N–H and O–H groups in total. The number of nitrogens with zero attached hydrogens (tertiary/aromatic N) is 1. The van der Waals surface area contributed by atoms with Crippen LogP contribution in [-0.2, 0) is 0 Å². The van der Waals surface area contributed by atoms with Crippen molar-refractivity contribution < 1.29 is 23.7 Å². The van der Waals surface area contributed by atoms with E-state index in [0.29, 0.717) is 35.1 Å². The summed E-state index contributed by atoms with van der Waals surface area (Å²) in [6, 6.07) is 20.6. The van der Waals surface area contributed by atoms with Crippen LogP contribution in [0.1, 0.15) is 15.9 Å². The number of hydrogen-bond acceptors (Lipinski definition) is 5. The first-order valence-electron chi connectivity index (χ1n) is 10.1. The van der Waals surface area contributed by atoms with Crippen LogP contribution in [0.5, 0.6) is 23.0 Å². The van der Waals surface area contributed by atoms with Crippen LogP contribution in [0.25, 0.3) is 6.08 Å². The molecule has 3 aromatic carbocycles. The minimum atomic E-state index is -0.202. The summed E-state index contributed by atoms with van der Waals surface area (Å²) in [5.74, 6) is 1.79. The second-order valence-electron chi connectivity index (χ2n) is 6.84. The molecule has 1 amide bonds. The molecule has 0 fully saturated rings. The summed E-state index contributed by atoms with van der Waals surface area (Å²) in [5.41, 5.74) is 2.22. The van der Waals surface area contributed by atoms with Crippen molar-refractivity contribution in [1.82, 2.24) is 0 Å². The lowest BCUT2D eigenvalue weighted by Gasteiger charge is -2.23. The average molecular weight is 434 g/mol. The van der Waals surface area contributed by atoms with Gasteiger partial charge in [-0.2, -0.15) is 0 Å². The third-order valence-electron chi connectivity index (χ3n) is 4.94. The molecule has 0 heterocycles. The van der Waals surface area contributed by atoms with E-state index in [1.807, 2.05) is 66.7 Å². The Morgan fingerprint density at radius 3 is 1.97 bits per heavy atom. The lowest BCUT2D eigenvalue weighted by molar-refractivity contribution is 0.0989. The van der Waals surface area contributed by atoms with Gasteiger partial charge in [0.2, 0.25) is 5.75 Å². The Bertz CT molecular complexity index is 1040. The Balaban J connectivity index is 1.98. The van der Waals surface area contributed by atoms with Gasteiger partial charge in [0, 0.05) is 17.8 Å². The summed E-state index contributed by atoms with van der Waals surface area (Å²) in [7, 11) is 6.18. The highest BCUT2D eigenvalue weighted by atomic mass is 16.5. The number of amides is 1. The average Bonchev–Trinajstić information content (AvgIpc) is 2.86. The van der Waals surface area contributed by atoms with Gasteiger partial charge in [-0.1, -0.05) is 42.5 Å². The van der Waals surface area contributed by atoms with E-state index in [2.05, 4.69) is 0 Å². The van der Waals surface area contributed by atoms with Gasteiger partial charge in [-0.15, -0.1) is 0 Å². The Morgan fingerprint density at radius 1 is 0.812 bits per heavy atom. The van der Waals surface area contributed by atoms with E-state index in [-0.39, 0.29) is 5.91 Å². The van der Waals surface area contributed by atoms with Crippen LogP contribution in [0.3, 0.4) is 0 Å². The fourth-order valence-corrected chi connectivity index (χ4v) is 3.29. The van der Waals surface area contributed by atoms with Gasteiger partial charge in [0.25, 0.3) is 5.91 Å². The summed E-state index contributed by atoms with van der Waals surface area (Å²) < 4.78 is 21.5. The summed E-state index contributed by atoms with van der Waals surface area (Å²) in [6.07, 6.45) is 3.94. The summed E-state index contributed by atoms with van der Waals surface area (Å²) in [5, 5.41) is 0. The third kappa shape index (κ3) is 5.21. The minimum absolute atomic E-state index is 0.202. The molecule has 0 spiro atoms. The molecule has 6 nitrogen and oxygen atoms in total. The van der Waals surface area contributed by atoms with Crippen molar-refractivity contribution in [3.63, 3.8) is 0 Å². The molecular formula is C26H27NO5. The smallest absolute Gasteiger partial charge is 0.258 e. The molecule has 3 rings (SSSR count). The molecule has 0 aliphatic rings. The number of rotatable bonds is 9. The van der Waals surface area contributed by atoms with Crippen molar-refractivity contribution >= 4 is 17.7 Å². The second kappa shape index (κ2) is 10.9. The maximum absolute atomic E-state index is 13.6. The van der Waals surface area contributed by atoms with Crippen LogP contribution in [0.15, 0.2) is 72.8 Å². The van der Waals surface area contributed by atoms with Gasteiger partial charge in [-0.3, -0.25) is 4.79 Å². The van der Waals surface area contributed by atoms with Crippen molar-refractivity contribution in [2.45, 2.75) is 0 Å². The lowest BCUT2D eigenvalue weighted by atomic mass is 10.1. The molecule has 3 aromatic rings. The van der Waals surface area contributed by atoms with Crippen LogP contribution in [0, 0.1) is 0 Å². The Hall–Kier alpha value is -3.93. The zero-order valence-electron chi connectivity index (χ0n) is 18.7. The molecule has 0 unspecified atom stereocenters. The Morgan fingerprint density at radius 2 is 1.44 bits per heavy atom. The zero-order valence-corrected chi connectivity index (χ0v) is 18.7. The maximum Gasteiger partial charge on any atom is 0.258 e. The van der Waals surface area contributed by atoms with Crippen molar-refractivity contribution in [2.24, 2.45) is 0 Å². The van der Waals surface area contributed by atoms with Gasteiger partial charge < -0.3 is 23.8 Å². The number of benzene rings is 3. The van der Waals surface area contributed by atoms with Crippen LogP contribution in [-0.4, -0.2) is 40.9 Å². The largest absolute Gasteiger partial charge is 0.497 e. The number of anilines is 1. The van der Waals surface area contributed by atoms with Crippen molar-refractivity contribution in [3.05, 3.63) is 83.9 Å². The molecule has 0 bridgehead atoms. The highest BCUT2D eigenvalue weighted by Gasteiger charge is 2.22. The van der Waals surface area contributed by atoms with Gasteiger partial charge in [0.1, 0.15) is 5.75 Å². The van der Waals surface area contributed by atoms with Gasteiger partial charge in [-0.05, 0) is 42.0 Å². The Kier molecular flexibility index (Phi) is 7.75. The van der Waals surface area contributed by atoms with Gasteiger partial charge in [0.15, 0.2) is 11.5 Å². The normalized spacial score (nSPS) is 10.6. The number of methoxy groups -OCH3 is 4. The SMILES string of the molecule is COc1ccc(N(C/C=C/c2ccccc2)C(=O)c2cc(OC)c(OC)c(OC)c2)cc1. The van der Waals surface area contributed by atoms with Gasteiger partial charge in [-0.25, -0.2) is 0 Å². The molecule has 6 heteroatoms. The summed E-state index contributed by atoms with van der Waals surface area (Å²) in [4.78, 5) is 15.3. The number of carbonyl (C=O) groups is 1. The van der Waals surface area contributed by atoms with E-state index in [9.17, 15) is 4.79 Å². The van der Waals surface area contributed by atoms with E-state index in [1.54, 1.807) is 24.1 Å². The molecule has 0 aliphatic carbocycles. The van der Waals surface area contributed by atoms with Crippen LogP contribution in [0.4, 0.5) is 5.69 Å². The molecule has 0 radical (unpaired) electrons. The quantitative estimate of drug-likeness (QED) is 0.471. The summed E-state index contributed by atoms with van der Waals surface area (Å²) >= 11 is 0. The molecular weight excluding hydrogens is 406 g/mol. The van der Waals surface area contributed by atoms with Gasteiger partial charge >= 0.3 is 0 Å². The predicted molar refractivity (Wildman–Crippen MR) is 126 cm³/mol. The topological polar surface area (TPSA) is 57.2 Å². The number of hydrogen-bond donors (Lipinski definition) is 0. The standard InChI is InChI=1S/C26H27NO5/c1-29-22-14-12-21(13-15-22)27(16-8-11-19-9-6-5-7-10-19)26(28)20-17-23(30-2)25(32-4)24(18-20)31-3/h5-15,17-18H,16H2,1-4H3/b11-8+. The maximum atomic E-state index is 13.6. The highest BCUT2D eigenvalue weighted by molar-refractivity contribution is 6.07. The second-order valence-corrected chi connectivity index (χ2v) is 6.84. The van der Waals surface area contributed by atoms with E-state index >= 15 is 0 Å². The third-order valence-corrected chi connectivity index (χ3v) is 4.94. The van der Waals surface area contributed by atoms with Crippen LogP contribution < -0.4 is 23.8 Å². The molecule has 0 aliphatic heterocycles. The zero-order chi connectivity index (χ0) is 22.9. The van der Waals surface area contributed by atoms with Gasteiger partial charge in [0.05, 0.1) is 28.4 Å². The Labute approximate surface area is 188 Å². The molecule has 0 saturated heterocycles. The van der Waals surface area contributed by atoms with Crippen LogP contribution >= 0.6 is 0 Å². The fraction of sp³-hybridized carbons (Fsp3) is 0.192. The predicted octanol–water partition coefficient (Wildman–Crippen LogP) is 5.08. The van der Waals surface area contributed by atoms with Crippen molar-refractivity contribution in [2.75, 3.05) is 39.9 Å². The first-order chi connectivity index (χ1) is 15.6. The molecule has 0 aromatic heterocycles. The number of carbonyl (C=O) groups excluding carboxylic acids is 1. The minimum Gasteiger partial charge on any atom is -0.497 e. The van der Waals surface area contributed by atoms with E-state index in [4.69, 9.17) is 18.9 Å². The molecule has 0 saturated carbocycles. The first-order valence-corrected chi connectivity index (χ1v) is 10.1. The monoisotopic (exact) mass is 433 g/mol.